The first-order chi connectivity index (χ1) is 6.15. The highest BCUT2D eigenvalue weighted by molar-refractivity contribution is 4.91. The van der Waals surface area contributed by atoms with Crippen molar-refractivity contribution < 1.29 is 30.7 Å². The number of hydrogen-bond acceptors (Lipinski definition) is 0. The molecule has 0 fully saturated rings. The van der Waals surface area contributed by atoms with Gasteiger partial charge in [-0.1, -0.05) is 0 Å². The second kappa shape index (κ2) is 4.35. The van der Waals surface area contributed by atoms with Crippen LogP contribution in [0.4, 0.5) is 30.7 Å². The number of hydrogen-bond donors (Lipinski definition) is 0. The van der Waals surface area contributed by atoms with Crippen LogP contribution in [0.15, 0.2) is 0 Å². The van der Waals surface area contributed by atoms with Gasteiger partial charge >= 0.3 is 11.8 Å². The molecule has 1 radical (unpaired) electrons. The standard InChI is InChI=1S/C7H8F7/c1-2-6(11,12)7(13,14)4(8)3-5(9)10/h4-5H,1-3H2/t4-/m0/s1. The molecule has 1 atom stereocenters. The van der Waals surface area contributed by atoms with Crippen molar-refractivity contribution in [2.24, 2.45) is 0 Å². The van der Waals surface area contributed by atoms with E-state index in [4.69, 9.17) is 0 Å². The Hall–Kier alpha value is -0.490. The van der Waals surface area contributed by atoms with Gasteiger partial charge in [0.05, 0.1) is 0 Å². The molecule has 0 aliphatic heterocycles. The predicted octanol–water partition coefficient (Wildman–Crippen LogP) is 3.47. The van der Waals surface area contributed by atoms with Crippen molar-refractivity contribution in [3.05, 3.63) is 6.92 Å². The van der Waals surface area contributed by atoms with E-state index < -0.39 is 37.3 Å². The Labute approximate surface area is 76.1 Å². The lowest BCUT2D eigenvalue weighted by Crippen LogP contribution is -2.48. The van der Waals surface area contributed by atoms with Gasteiger partial charge in [0.25, 0.3) is 0 Å². The summed E-state index contributed by atoms with van der Waals surface area (Å²) in [4.78, 5) is 0. The summed E-state index contributed by atoms with van der Waals surface area (Å²) >= 11 is 0. The maximum Gasteiger partial charge on any atom is 0.340 e. The summed E-state index contributed by atoms with van der Waals surface area (Å²) in [6.07, 6.45) is -10.4. The Morgan fingerprint density at radius 3 is 1.71 bits per heavy atom. The first kappa shape index (κ1) is 13.5. The van der Waals surface area contributed by atoms with Crippen LogP contribution in [0.5, 0.6) is 0 Å². The summed E-state index contributed by atoms with van der Waals surface area (Å²) in [5.74, 6) is -9.81. The summed E-state index contributed by atoms with van der Waals surface area (Å²) in [6.45, 7) is 2.50. The van der Waals surface area contributed by atoms with Crippen LogP contribution < -0.4 is 0 Å². The van der Waals surface area contributed by atoms with Crippen LogP contribution in [-0.2, 0) is 0 Å². The zero-order valence-corrected chi connectivity index (χ0v) is 6.92. The molecule has 0 aliphatic carbocycles. The lowest BCUT2D eigenvalue weighted by Gasteiger charge is -2.28. The Balaban J connectivity index is 4.59. The van der Waals surface area contributed by atoms with Crippen molar-refractivity contribution in [2.75, 3.05) is 0 Å². The first-order valence-corrected chi connectivity index (χ1v) is 3.62. The lowest BCUT2D eigenvalue weighted by molar-refractivity contribution is -0.241. The van der Waals surface area contributed by atoms with E-state index >= 15 is 0 Å². The minimum atomic E-state index is -5.11. The Morgan fingerprint density at radius 1 is 1.00 bits per heavy atom. The molecule has 0 spiro atoms. The topological polar surface area (TPSA) is 0 Å². The molecule has 14 heavy (non-hydrogen) atoms. The molecule has 0 saturated carbocycles. The highest BCUT2D eigenvalue weighted by Gasteiger charge is 2.60. The predicted molar refractivity (Wildman–Crippen MR) is 35.4 cm³/mol. The van der Waals surface area contributed by atoms with Gasteiger partial charge in [-0.25, -0.2) is 13.2 Å². The average molecular weight is 225 g/mol. The Kier molecular flexibility index (Phi) is 4.20. The Bertz CT molecular complexity index is 177. The molecule has 0 N–H and O–H groups in total. The molecular formula is C7H8F7. The van der Waals surface area contributed by atoms with Crippen molar-refractivity contribution in [1.82, 2.24) is 0 Å². The van der Waals surface area contributed by atoms with Crippen LogP contribution in [-0.4, -0.2) is 24.4 Å². The highest BCUT2D eigenvalue weighted by Crippen LogP contribution is 2.42. The molecule has 0 bridgehead atoms. The zero-order valence-electron chi connectivity index (χ0n) is 6.92. The van der Waals surface area contributed by atoms with Crippen molar-refractivity contribution in [2.45, 2.75) is 37.3 Å². The molecule has 0 amide bonds. The fourth-order valence-corrected chi connectivity index (χ4v) is 0.700. The monoisotopic (exact) mass is 225 g/mol. The van der Waals surface area contributed by atoms with Gasteiger partial charge < -0.3 is 0 Å². The second-order valence-electron chi connectivity index (χ2n) is 2.67. The quantitative estimate of drug-likeness (QED) is 0.628. The molecule has 0 aromatic carbocycles. The largest absolute Gasteiger partial charge is 0.340 e. The molecule has 0 aromatic rings. The lowest BCUT2D eigenvalue weighted by atomic mass is 10.0. The molecule has 7 heteroatoms. The van der Waals surface area contributed by atoms with Gasteiger partial charge in [-0.15, -0.1) is 0 Å². The van der Waals surface area contributed by atoms with Gasteiger partial charge in [-0.3, -0.25) is 0 Å². The molecule has 0 unspecified atom stereocenters. The third-order valence-electron chi connectivity index (χ3n) is 1.58. The van der Waals surface area contributed by atoms with Crippen molar-refractivity contribution >= 4 is 0 Å². The summed E-state index contributed by atoms with van der Waals surface area (Å²) in [7, 11) is 0. The molecular weight excluding hydrogens is 217 g/mol. The first-order valence-electron chi connectivity index (χ1n) is 3.62. The molecule has 0 aromatic heterocycles. The normalized spacial score (nSPS) is 16.1. The molecule has 0 heterocycles. The van der Waals surface area contributed by atoms with Gasteiger partial charge in [0.15, 0.2) is 6.17 Å². The van der Waals surface area contributed by atoms with E-state index in [-0.39, 0.29) is 0 Å². The molecule has 85 valence electrons. The molecule has 0 saturated heterocycles. The highest BCUT2D eigenvalue weighted by atomic mass is 19.3. The fourth-order valence-electron chi connectivity index (χ4n) is 0.700. The molecule has 0 aliphatic rings. The maximum atomic E-state index is 12.5. The minimum Gasteiger partial charge on any atom is -0.240 e. The maximum absolute atomic E-state index is 12.5. The van der Waals surface area contributed by atoms with E-state index in [0.717, 1.165) is 0 Å². The van der Waals surface area contributed by atoms with Crippen LogP contribution >= 0.6 is 0 Å². The second-order valence-corrected chi connectivity index (χ2v) is 2.67. The van der Waals surface area contributed by atoms with Crippen molar-refractivity contribution in [1.29, 1.82) is 0 Å². The summed E-state index contributed by atoms with van der Waals surface area (Å²) in [5, 5.41) is 0. The van der Waals surface area contributed by atoms with Gasteiger partial charge in [-0.2, -0.15) is 17.6 Å². The fraction of sp³-hybridized carbons (Fsp3) is 0.857. The van der Waals surface area contributed by atoms with Crippen LogP contribution in [0.1, 0.15) is 12.8 Å². The SMILES string of the molecule is [CH2]CC(F)(F)C(F)(F)[C@@H](F)CC(F)F. The van der Waals surface area contributed by atoms with Gasteiger partial charge in [0.2, 0.25) is 6.43 Å². The van der Waals surface area contributed by atoms with E-state index in [2.05, 4.69) is 6.92 Å². The Morgan fingerprint density at radius 2 is 1.43 bits per heavy atom. The molecule has 0 nitrogen and oxygen atoms in total. The van der Waals surface area contributed by atoms with Gasteiger partial charge in [-0.05, 0) is 6.92 Å². The van der Waals surface area contributed by atoms with E-state index in [1.807, 2.05) is 0 Å². The number of alkyl halides is 7. The third-order valence-corrected chi connectivity index (χ3v) is 1.58. The van der Waals surface area contributed by atoms with Gasteiger partial charge in [0, 0.05) is 12.8 Å². The van der Waals surface area contributed by atoms with E-state index in [1.165, 1.54) is 0 Å². The van der Waals surface area contributed by atoms with Gasteiger partial charge in [0.1, 0.15) is 0 Å². The zero-order chi connectivity index (χ0) is 11.6. The molecule has 0 rings (SSSR count). The summed E-state index contributed by atoms with van der Waals surface area (Å²) in [5.41, 5.74) is 0. The van der Waals surface area contributed by atoms with E-state index in [0.29, 0.717) is 0 Å². The van der Waals surface area contributed by atoms with Crippen LogP contribution in [0.25, 0.3) is 0 Å². The number of rotatable bonds is 5. The third kappa shape index (κ3) is 2.75. The van der Waals surface area contributed by atoms with Crippen LogP contribution in [0.2, 0.25) is 0 Å². The van der Waals surface area contributed by atoms with Crippen LogP contribution in [0.3, 0.4) is 0 Å². The van der Waals surface area contributed by atoms with E-state index in [1.54, 1.807) is 0 Å². The van der Waals surface area contributed by atoms with Crippen molar-refractivity contribution in [3.8, 4) is 0 Å². The van der Waals surface area contributed by atoms with E-state index in [9.17, 15) is 30.7 Å². The average Bonchev–Trinajstić information content (AvgIpc) is 2.02. The summed E-state index contributed by atoms with van der Waals surface area (Å²) < 4.78 is 84.9. The number of halogens is 7. The smallest absolute Gasteiger partial charge is 0.240 e. The van der Waals surface area contributed by atoms with Crippen LogP contribution in [0, 0.1) is 6.92 Å². The summed E-state index contributed by atoms with van der Waals surface area (Å²) in [6, 6.07) is 0. The van der Waals surface area contributed by atoms with Crippen molar-refractivity contribution in [3.63, 3.8) is 0 Å². The minimum absolute atomic E-state index is 1.55.